The minimum absolute atomic E-state index is 0.207. The minimum Gasteiger partial charge on any atom is -0.351 e. The highest BCUT2D eigenvalue weighted by molar-refractivity contribution is 7.98. The third kappa shape index (κ3) is 4.61. The fourth-order valence-electron chi connectivity index (χ4n) is 4.30. The summed E-state index contributed by atoms with van der Waals surface area (Å²) < 4.78 is 5.86. The molecule has 1 atom stereocenters. The van der Waals surface area contributed by atoms with Gasteiger partial charge in [-0.3, -0.25) is 4.90 Å². The van der Waals surface area contributed by atoms with E-state index in [9.17, 15) is 0 Å². The lowest BCUT2D eigenvalue weighted by molar-refractivity contribution is 0.404. The molecule has 1 aliphatic heterocycles. The topological polar surface area (TPSA) is 54.2 Å². The highest BCUT2D eigenvalue weighted by Crippen LogP contribution is 2.39. The van der Waals surface area contributed by atoms with Crippen molar-refractivity contribution in [2.75, 3.05) is 11.2 Å². The van der Waals surface area contributed by atoms with Crippen LogP contribution in [0.15, 0.2) is 94.0 Å². The molecule has 2 heterocycles. The minimum atomic E-state index is -0.207. The van der Waals surface area contributed by atoms with E-state index >= 15 is 0 Å². The molecule has 0 bridgehead atoms. The Hall–Kier alpha value is -3.42. The summed E-state index contributed by atoms with van der Waals surface area (Å²) in [5.74, 6) is 1.05. The van der Waals surface area contributed by atoms with E-state index in [1.165, 1.54) is 10.5 Å². The standard InChI is InChI=1S/C28H26N4OS2/c1-4-19-10-12-21(13-11-19)26-30-27(33-31-26)24-18(2)32(22-14-16-23(35-3)17-15-22)28(34)29-25(24)20-8-6-5-7-9-20/h5-17,25H,4H2,1-3H3,(H,29,34). The molecule has 5 nitrogen and oxygen atoms in total. The quantitative estimate of drug-likeness (QED) is 0.229. The number of thioether (sulfide) groups is 1. The number of allylic oxidation sites excluding steroid dienone is 1. The van der Waals surface area contributed by atoms with Crippen LogP contribution in [0.25, 0.3) is 17.0 Å². The monoisotopic (exact) mass is 498 g/mol. The first-order chi connectivity index (χ1) is 17.1. The second kappa shape index (κ2) is 10.1. The van der Waals surface area contributed by atoms with E-state index in [0.717, 1.165) is 34.5 Å². The first-order valence-corrected chi connectivity index (χ1v) is 13.2. The first kappa shape index (κ1) is 23.3. The van der Waals surface area contributed by atoms with Crippen LogP contribution in [0.1, 0.15) is 36.9 Å². The Balaban J connectivity index is 1.61. The number of nitrogens with zero attached hydrogens (tertiary/aromatic N) is 3. The molecule has 1 aromatic heterocycles. The van der Waals surface area contributed by atoms with Crippen molar-refractivity contribution < 1.29 is 4.52 Å². The van der Waals surface area contributed by atoms with E-state index in [0.29, 0.717) is 16.8 Å². The Morgan fingerprint density at radius 3 is 2.37 bits per heavy atom. The third-order valence-corrected chi connectivity index (χ3v) is 7.27. The molecule has 0 amide bonds. The van der Waals surface area contributed by atoms with Crippen molar-refractivity contribution in [2.45, 2.75) is 31.2 Å². The van der Waals surface area contributed by atoms with Gasteiger partial charge in [-0.25, -0.2) is 0 Å². The smallest absolute Gasteiger partial charge is 0.258 e. The first-order valence-electron chi connectivity index (χ1n) is 11.5. The van der Waals surface area contributed by atoms with E-state index in [4.69, 9.17) is 21.7 Å². The Kier molecular flexibility index (Phi) is 6.70. The molecule has 0 saturated heterocycles. The molecule has 1 N–H and O–H groups in total. The van der Waals surface area contributed by atoms with Crippen LogP contribution in [-0.4, -0.2) is 21.5 Å². The number of hydrogen-bond donors (Lipinski definition) is 1. The van der Waals surface area contributed by atoms with Gasteiger partial charge < -0.3 is 9.84 Å². The normalized spacial score (nSPS) is 15.9. The van der Waals surface area contributed by atoms with Crippen molar-refractivity contribution in [1.82, 2.24) is 15.5 Å². The van der Waals surface area contributed by atoms with Gasteiger partial charge >= 0.3 is 0 Å². The Morgan fingerprint density at radius 2 is 1.71 bits per heavy atom. The van der Waals surface area contributed by atoms with Gasteiger partial charge in [0, 0.05) is 21.8 Å². The molecule has 0 aliphatic carbocycles. The van der Waals surface area contributed by atoms with Gasteiger partial charge in [0.1, 0.15) is 0 Å². The highest BCUT2D eigenvalue weighted by atomic mass is 32.2. The molecule has 0 saturated carbocycles. The molecule has 5 rings (SSSR count). The molecule has 1 aliphatic rings. The fraction of sp³-hybridized carbons (Fsp3) is 0.179. The lowest BCUT2D eigenvalue weighted by Gasteiger charge is -2.37. The lowest BCUT2D eigenvalue weighted by atomic mass is 9.94. The Bertz CT molecular complexity index is 1360. The molecule has 7 heteroatoms. The number of aryl methyl sites for hydroxylation is 1. The summed E-state index contributed by atoms with van der Waals surface area (Å²) in [7, 11) is 0. The summed E-state index contributed by atoms with van der Waals surface area (Å²) in [5.41, 5.74) is 6.12. The molecule has 0 spiro atoms. The van der Waals surface area contributed by atoms with Crippen molar-refractivity contribution in [3.8, 4) is 11.4 Å². The summed E-state index contributed by atoms with van der Waals surface area (Å²) in [4.78, 5) is 8.05. The Morgan fingerprint density at radius 1 is 1.00 bits per heavy atom. The van der Waals surface area contributed by atoms with Crippen LogP contribution >= 0.6 is 24.0 Å². The maximum Gasteiger partial charge on any atom is 0.258 e. The zero-order valence-corrected chi connectivity index (χ0v) is 21.5. The van der Waals surface area contributed by atoms with Crippen LogP contribution in [0.5, 0.6) is 0 Å². The van der Waals surface area contributed by atoms with E-state index < -0.39 is 0 Å². The molecule has 3 aromatic carbocycles. The predicted molar refractivity (Wildman–Crippen MR) is 147 cm³/mol. The van der Waals surface area contributed by atoms with Crippen molar-refractivity contribution in [3.05, 3.63) is 102 Å². The van der Waals surface area contributed by atoms with E-state index in [-0.39, 0.29) is 6.04 Å². The average Bonchev–Trinajstić information content (AvgIpc) is 3.39. The van der Waals surface area contributed by atoms with Gasteiger partial charge in [-0.2, -0.15) is 4.98 Å². The summed E-state index contributed by atoms with van der Waals surface area (Å²) in [6.07, 6.45) is 3.06. The molecule has 0 radical (unpaired) electrons. The van der Waals surface area contributed by atoms with Gasteiger partial charge in [-0.15, -0.1) is 11.8 Å². The zero-order valence-electron chi connectivity index (χ0n) is 19.9. The number of rotatable bonds is 6. The van der Waals surface area contributed by atoms with E-state index in [2.05, 4.69) is 79.1 Å². The second-order valence-electron chi connectivity index (χ2n) is 8.30. The summed E-state index contributed by atoms with van der Waals surface area (Å²) in [5, 5.41) is 8.47. The number of benzene rings is 3. The number of hydrogen-bond acceptors (Lipinski definition) is 5. The number of aromatic nitrogens is 2. The van der Waals surface area contributed by atoms with Crippen LogP contribution in [0.4, 0.5) is 5.69 Å². The summed E-state index contributed by atoms with van der Waals surface area (Å²) in [6.45, 7) is 4.20. The molecular weight excluding hydrogens is 472 g/mol. The van der Waals surface area contributed by atoms with E-state index in [1.807, 2.05) is 35.2 Å². The molecular formula is C28H26N4OS2. The predicted octanol–water partition coefficient (Wildman–Crippen LogP) is 6.89. The molecule has 0 fully saturated rings. The van der Waals surface area contributed by atoms with Crippen LogP contribution in [-0.2, 0) is 6.42 Å². The van der Waals surface area contributed by atoms with Gasteiger partial charge in [0.2, 0.25) is 5.82 Å². The van der Waals surface area contributed by atoms with E-state index in [1.54, 1.807) is 11.8 Å². The fourth-order valence-corrected chi connectivity index (χ4v) is 5.07. The van der Waals surface area contributed by atoms with Gasteiger partial charge in [-0.05, 0) is 67.2 Å². The largest absolute Gasteiger partial charge is 0.351 e. The van der Waals surface area contributed by atoms with Crippen molar-refractivity contribution in [1.29, 1.82) is 0 Å². The second-order valence-corrected chi connectivity index (χ2v) is 9.57. The van der Waals surface area contributed by atoms with Gasteiger partial charge in [0.15, 0.2) is 5.11 Å². The number of nitrogens with one attached hydrogen (secondary N) is 1. The lowest BCUT2D eigenvalue weighted by Crippen LogP contribution is -2.46. The third-order valence-electron chi connectivity index (χ3n) is 6.23. The maximum absolute atomic E-state index is 5.86. The van der Waals surface area contributed by atoms with Gasteiger partial charge in [-0.1, -0.05) is 66.7 Å². The summed E-state index contributed by atoms with van der Waals surface area (Å²) in [6, 6.07) is 26.6. The average molecular weight is 499 g/mol. The van der Waals surface area contributed by atoms with Crippen molar-refractivity contribution >= 4 is 40.4 Å². The highest BCUT2D eigenvalue weighted by Gasteiger charge is 2.34. The molecule has 4 aromatic rings. The van der Waals surface area contributed by atoms with Crippen LogP contribution in [0.2, 0.25) is 0 Å². The number of anilines is 1. The zero-order chi connectivity index (χ0) is 24.4. The van der Waals surface area contributed by atoms with Crippen LogP contribution in [0.3, 0.4) is 0 Å². The Labute approximate surface area is 215 Å². The maximum atomic E-state index is 5.86. The van der Waals surface area contributed by atoms with Crippen LogP contribution in [0, 0.1) is 0 Å². The SMILES string of the molecule is CCc1ccc(-c2noc(C3=C(C)N(c4ccc(SC)cc4)C(=S)NC3c3ccccc3)n2)cc1. The molecule has 35 heavy (non-hydrogen) atoms. The van der Waals surface area contributed by atoms with Gasteiger partial charge in [0.25, 0.3) is 5.89 Å². The molecule has 1 unspecified atom stereocenters. The van der Waals surface area contributed by atoms with Crippen molar-refractivity contribution in [3.63, 3.8) is 0 Å². The van der Waals surface area contributed by atoms with Crippen molar-refractivity contribution in [2.24, 2.45) is 0 Å². The van der Waals surface area contributed by atoms with Crippen LogP contribution < -0.4 is 10.2 Å². The van der Waals surface area contributed by atoms with Gasteiger partial charge in [0.05, 0.1) is 11.6 Å². The summed E-state index contributed by atoms with van der Waals surface area (Å²) >= 11 is 7.55. The molecule has 176 valence electrons. The number of thiocarbonyl (C=S) groups is 1.